The molecule has 1 spiro atoms. The average Bonchev–Trinajstić information content (AvgIpc) is 2.47. The summed E-state index contributed by atoms with van der Waals surface area (Å²) in [6.45, 7) is 10.7. The predicted molar refractivity (Wildman–Crippen MR) is 98.9 cm³/mol. The molecular weight excluding hydrogens is 368 g/mol. The zero-order valence-corrected chi connectivity index (χ0v) is 16.4. The molecule has 2 saturated heterocycles. The fourth-order valence-electron chi connectivity index (χ4n) is 3.67. The molecule has 2 aliphatic heterocycles. The molecule has 4 nitrogen and oxygen atoms in total. The molecule has 132 valence electrons. The lowest BCUT2D eigenvalue weighted by Crippen LogP contribution is -2.60. The second-order valence-corrected chi connectivity index (χ2v) is 9.15. The summed E-state index contributed by atoms with van der Waals surface area (Å²) in [6.07, 6.45) is 2.01. The highest BCUT2D eigenvalue weighted by Gasteiger charge is 2.45. The molecule has 1 aromatic carbocycles. The number of piperidine rings is 1. The largest absolute Gasteiger partial charge is 0.444 e. The lowest BCUT2D eigenvalue weighted by atomic mass is 9.72. The standard InChI is InChI=1S/C19H27BrN2O2/c1-18(2,3)24-17(23)22-10-8-19(9-11-22)13-21(14-19)12-15-4-6-16(20)7-5-15/h4-7H,8-14H2,1-3H3. The Labute approximate surface area is 153 Å². The van der Waals surface area contributed by atoms with E-state index >= 15 is 0 Å². The number of amides is 1. The van der Waals surface area contributed by atoms with Gasteiger partial charge in [-0.3, -0.25) is 4.90 Å². The molecule has 0 saturated carbocycles. The van der Waals surface area contributed by atoms with E-state index in [4.69, 9.17) is 4.74 Å². The van der Waals surface area contributed by atoms with Gasteiger partial charge in [0.2, 0.25) is 0 Å². The first kappa shape index (κ1) is 17.7. The van der Waals surface area contributed by atoms with Gasteiger partial charge in [-0.1, -0.05) is 28.1 Å². The van der Waals surface area contributed by atoms with Gasteiger partial charge in [-0.05, 0) is 56.7 Å². The van der Waals surface area contributed by atoms with Crippen molar-refractivity contribution < 1.29 is 9.53 Å². The number of hydrogen-bond acceptors (Lipinski definition) is 3. The van der Waals surface area contributed by atoms with Gasteiger partial charge in [-0.2, -0.15) is 0 Å². The van der Waals surface area contributed by atoms with Crippen molar-refractivity contribution in [3.63, 3.8) is 0 Å². The molecule has 1 aromatic rings. The van der Waals surface area contributed by atoms with Crippen LogP contribution in [0.15, 0.2) is 28.7 Å². The van der Waals surface area contributed by atoms with Gasteiger partial charge in [-0.15, -0.1) is 0 Å². The third kappa shape index (κ3) is 4.31. The van der Waals surface area contributed by atoms with Crippen molar-refractivity contribution in [1.82, 2.24) is 9.80 Å². The summed E-state index contributed by atoms with van der Waals surface area (Å²) in [5.74, 6) is 0. The smallest absolute Gasteiger partial charge is 0.410 e. The summed E-state index contributed by atoms with van der Waals surface area (Å²) in [7, 11) is 0. The highest BCUT2D eigenvalue weighted by atomic mass is 79.9. The molecule has 0 radical (unpaired) electrons. The first-order valence-electron chi connectivity index (χ1n) is 8.70. The fourth-order valence-corrected chi connectivity index (χ4v) is 3.93. The topological polar surface area (TPSA) is 32.8 Å². The van der Waals surface area contributed by atoms with Crippen molar-refractivity contribution in [2.24, 2.45) is 5.41 Å². The summed E-state index contributed by atoms with van der Waals surface area (Å²) in [6, 6.07) is 8.56. The van der Waals surface area contributed by atoms with Crippen molar-refractivity contribution >= 4 is 22.0 Å². The number of halogens is 1. The van der Waals surface area contributed by atoms with Crippen LogP contribution >= 0.6 is 15.9 Å². The third-order valence-corrected chi connectivity index (χ3v) is 5.44. The van der Waals surface area contributed by atoms with E-state index in [1.165, 1.54) is 5.56 Å². The van der Waals surface area contributed by atoms with Crippen LogP contribution in [0.5, 0.6) is 0 Å². The van der Waals surface area contributed by atoms with Crippen LogP contribution in [0.4, 0.5) is 4.79 Å². The van der Waals surface area contributed by atoms with Gasteiger partial charge >= 0.3 is 6.09 Å². The van der Waals surface area contributed by atoms with E-state index in [1.807, 2.05) is 25.7 Å². The van der Waals surface area contributed by atoms with Crippen LogP contribution in [0.3, 0.4) is 0 Å². The van der Waals surface area contributed by atoms with Gasteiger partial charge in [0.15, 0.2) is 0 Å². The molecular formula is C19H27BrN2O2. The first-order valence-corrected chi connectivity index (χ1v) is 9.49. The minimum atomic E-state index is -0.413. The molecule has 2 heterocycles. The molecule has 24 heavy (non-hydrogen) atoms. The zero-order valence-electron chi connectivity index (χ0n) is 14.8. The summed E-state index contributed by atoms with van der Waals surface area (Å²) < 4.78 is 6.61. The van der Waals surface area contributed by atoms with Crippen LogP contribution in [-0.2, 0) is 11.3 Å². The molecule has 2 fully saturated rings. The quantitative estimate of drug-likeness (QED) is 0.749. The molecule has 0 atom stereocenters. The number of benzene rings is 1. The maximum atomic E-state index is 12.2. The van der Waals surface area contributed by atoms with E-state index in [0.717, 1.165) is 50.0 Å². The Morgan fingerprint density at radius 3 is 2.29 bits per heavy atom. The molecule has 0 aliphatic carbocycles. The summed E-state index contributed by atoms with van der Waals surface area (Å²) in [5.41, 5.74) is 1.36. The van der Waals surface area contributed by atoms with E-state index < -0.39 is 5.60 Å². The lowest BCUT2D eigenvalue weighted by molar-refractivity contribution is -0.0550. The predicted octanol–water partition coefficient (Wildman–Crippen LogP) is 4.28. The summed E-state index contributed by atoms with van der Waals surface area (Å²) >= 11 is 3.48. The summed E-state index contributed by atoms with van der Waals surface area (Å²) in [4.78, 5) is 16.5. The molecule has 3 rings (SSSR count). The second-order valence-electron chi connectivity index (χ2n) is 8.24. The third-order valence-electron chi connectivity index (χ3n) is 4.91. The zero-order chi connectivity index (χ0) is 17.4. The maximum absolute atomic E-state index is 12.2. The lowest BCUT2D eigenvalue weighted by Gasteiger charge is -2.54. The number of likely N-dealkylation sites (tertiary alicyclic amines) is 2. The monoisotopic (exact) mass is 394 g/mol. The highest BCUT2D eigenvalue weighted by Crippen LogP contribution is 2.41. The number of rotatable bonds is 2. The van der Waals surface area contributed by atoms with Gasteiger partial charge in [0.1, 0.15) is 5.60 Å². The molecule has 5 heteroatoms. The SMILES string of the molecule is CC(C)(C)OC(=O)N1CCC2(CC1)CN(Cc1ccc(Br)cc1)C2. The van der Waals surface area contributed by atoms with Gasteiger partial charge < -0.3 is 9.64 Å². The van der Waals surface area contributed by atoms with Gasteiger partial charge in [0.25, 0.3) is 0 Å². The van der Waals surface area contributed by atoms with Gasteiger partial charge in [0.05, 0.1) is 0 Å². The number of ether oxygens (including phenoxy) is 1. The Hall–Kier alpha value is -1.07. The molecule has 2 aliphatic rings. The van der Waals surface area contributed by atoms with E-state index in [9.17, 15) is 4.79 Å². The van der Waals surface area contributed by atoms with E-state index in [1.54, 1.807) is 0 Å². The Bertz CT molecular complexity index is 578. The van der Waals surface area contributed by atoms with Crippen LogP contribution in [0.1, 0.15) is 39.2 Å². The molecule has 0 aromatic heterocycles. The Balaban J connectivity index is 1.45. The number of hydrogen-bond donors (Lipinski definition) is 0. The minimum Gasteiger partial charge on any atom is -0.444 e. The van der Waals surface area contributed by atoms with Crippen molar-refractivity contribution in [3.8, 4) is 0 Å². The van der Waals surface area contributed by atoms with E-state index in [2.05, 4.69) is 45.1 Å². The fraction of sp³-hybridized carbons (Fsp3) is 0.632. The van der Waals surface area contributed by atoms with Crippen LogP contribution in [0.2, 0.25) is 0 Å². The van der Waals surface area contributed by atoms with Crippen LogP contribution in [0, 0.1) is 5.41 Å². The Morgan fingerprint density at radius 2 is 1.75 bits per heavy atom. The number of carbonyl (C=O) groups is 1. The number of carbonyl (C=O) groups excluding carboxylic acids is 1. The summed E-state index contributed by atoms with van der Waals surface area (Å²) in [5, 5.41) is 0. The van der Waals surface area contributed by atoms with Crippen LogP contribution in [0.25, 0.3) is 0 Å². The van der Waals surface area contributed by atoms with Crippen molar-refractivity contribution in [1.29, 1.82) is 0 Å². The van der Waals surface area contributed by atoms with Crippen LogP contribution < -0.4 is 0 Å². The highest BCUT2D eigenvalue weighted by molar-refractivity contribution is 9.10. The normalized spacial score (nSPS) is 20.8. The maximum Gasteiger partial charge on any atom is 0.410 e. The van der Waals surface area contributed by atoms with Gasteiger partial charge in [0, 0.05) is 37.2 Å². The average molecular weight is 395 g/mol. The van der Waals surface area contributed by atoms with Crippen molar-refractivity contribution in [2.75, 3.05) is 26.2 Å². The Morgan fingerprint density at radius 1 is 1.17 bits per heavy atom. The molecule has 0 unspecified atom stereocenters. The molecule has 1 amide bonds. The number of nitrogens with zero attached hydrogens (tertiary/aromatic N) is 2. The van der Waals surface area contributed by atoms with E-state index in [0.29, 0.717) is 5.41 Å². The van der Waals surface area contributed by atoms with Crippen LogP contribution in [-0.4, -0.2) is 47.7 Å². The minimum absolute atomic E-state index is 0.164. The van der Waals surface area contributed by atoms with Crippen molar-refractivity contribution in [2.45, 2.75) is 45.8 Å². The van der Waals surface area contributed by atoms with E-state index in [-0.39, 0.29) is 6.09 Å². The first-order chi connectivity index (χ1) is 11.2. The Kier molecular flexibility index (Phi) is 4.94. The van der Waals surface area contributed by atoms with Crippen molar-refractivity contribution in [3.05, 3.63) is 34.3 Å². The molecule has 0 N–H and O–H groups in total. The van der Waals surface area contributed by atoms with Gasteiger partial charge in [-0.25, -0.2) is 4.79 Å². The second kappa shape index (κ2) is 6.68. The molecule has 0 bridgehead atoms.